The Bertz CT molecular complexity index is 1070. The number of primary amides is 1. The minimum absolute atomic E-state index is 0.0837. The molecule has 2 aromatic rings. The van der Waals surface area contributed by atoms with Gasteiger partial charge in [0.1, 0.15) is 11.9 Å². The van der Waals surface area contributed by atoms with Gasteiger partial charge in [0.05, 0.1) is 11.3 Å². The first-order valence-electron chi connectivity index (χ1n) is 9.99. The Morgan fingerprint density at radius 2 is 1.88 bits per heavy atom. The lowest BCUT2D eigenvalue weighted by Crippen LogP contribution is -2.29. The van der Waals surface area contributed by atoms with Crippen LogP contribution in [0.4, 0.5) is 10.1 Å². The van der Waals surface area contributed by atoms with Gasteiger partial charge < -0.3 is 26.0 Å². The third-order valence-corrected chi connectivity index (χ3v) is 5.37. The summed E-state index contributed by atoms with van der Waals surface area (Å²) in [7, 11) is 1.58. The monoisotopic (exact) mass is 446 g/mol. The van der Waals surface area contributed by atoms with E-state index in [1.54, 1.807) is 27.8 Å². The second kappa shape index (κ2) is 10.2. The fourth-order valence-electron chi connectivity index (χ4n) is 3.56. The van der Waals surface area contributed by atoms with Gasteiger partial charge in [0.15, 0.2) is 0 Å². The second-order valence-corrected chi connectivity index (χ2v) is 7.59. The van der Waals surface area contributed by atoms with E-state index in [0.717, 1.165) is 19.4 Å². The first-order valence-corrected chi connectivity index (χ1v) is 9.99. The van der Waals surface area contributed by atoms with Crippen molar-refractivity contribution in [1.29, 1.82) is 0 Å². The molecule has 1 unspecified atom stereocenters. The zero-order valence-electron chi connectivity index (χ0n) is 18.4. The minimum atomic E-state index is -1.08. The standard InChI is InChI=1S/C17H18FN3O3.C5H9NO2/c1-8-7-11(5-6-12(8)18)20-17(24)13-9(2)14(15(22)16(19)23)21(4)10(13)3;7-5(8)4-2-1-3-6-4/h5-7H,1-4H3,(H2,19,23)(H,20,24);4,6H,1-3H2,(H,7,8). The number of carbonyl (C=O) groups excluding carboxylic acids is 3. The van der Waals surface area contributed by atoms with Crippen molar-refractivity contribution < 1.29 is 28.7 Å². The number of rotatable bonds is 5. The molecule has 3 rings (SSSR count). The van der Waals surface area contributed by atoms with Gasteiger partial charge in [0, 0.05) is 18.4 Å². The number of aliphatic carboxylic acids is 1. The van der Waals surface area contributed by atoms with Crippen LogP contribution in [0, 0.1) is 26.6 Å². The van der Waals surface area contributed by atoms with Gasteiger partial charge in [-0.05, 0) is 69.5 Å². The quantitative estimate of drug-likeness (QED) is 0.408. The predicted octanol–water partition coefficient (Wildman–Crippen LogP) is 1.83. The number of hydrogen-bond donors (Lipinski definition) is 4. The fraction of sp³-hybridized carbons (Fsp3) is 0.364. The molecule has 1 aliphatic heterocycles. The normalized spacial score (nSPS) is 15.0. The molecule has 0 aliphatic carbocycles. The molecule has 0 radical (unpaired) electrons. The lowest BCUT2D eigenvalue weighted by molar-refractivity contribution is -0.139. The van der Waals surface area contributed by atoms with Gasteiger partial charge in [-0.25, -0.2) is 4.39 Å². The summed E-state index contributed by atoms with van der Waals surface area (Å²) in [5.41, 5.74) is 7.15. The van der Waals surface area contributed by atoms with Gasteiger partial charge in [0.25, 0.3) is 17.6 Å². The number of carboxylic acid groups (broad SMARTS) is 1. The Kier molecular flexibility index (Phi) is 7.87. The fourth-order valence-corrected chi connectivity index (χ4v) is 3.56. The lowest BCUT2D eigenvalue weighted by Gasteiger charge is -2.07. The van der Waals surface area contributed by atoms with Crippen molar-refractivity contribution in [3.05, 3.63) is 52.1 Å². The number of carbonyl (C=O) groups is 4. The summed E-state index contributed by atoms with van der Waals surface area (Å²) in [5, 5.41) is 13.9. The van der Waals surface area contributed by atoms with Crippen molar-refractivity contribution in [1.82, 2.24) is 9.88 Å². The molecular weight excluding hydrogens is 419 g/mol. The number of nitrogens with one attached hydrogen (secondary N) is 2. The number of Topliss-reactive ketones (excluding diaryl/α,β-unsaturated/α-hetero) is 1. The summed E-state index contributed by atoms with van der Waals surface area (Å²) in [6, 6.07) is 3.95. The maximum absolute atomic E-state index is 13.3. The maximum atomic E-state index is 13.3. The van der Waals surface area contributed by atoms with Gasteiger partial charge in [-0.15, -0.1) is 0 Å². The van der Waals surface area contributed by atoms with Crippen molar-refractivity contribution in [3.8, 4) is 0 Å². The van der Waals surface area contributed by atoms with Gasteiger partial charge in [-0.1, -0.05) is 0 Å². The van der Waals surface area contributed by atoms with E-state index in [1.165, 1.54) is 22.8 Å². The average Bonchev–Trinajstić information content (AvgIpc) is 3.33. The first-order chi connectivity index (χ1) is 15.0. The number of amides is 2. The summed E-state index contributed by atoms with van der Waals surface area (Å²) in [6.45, 7) is 5.69. The smallest absolute Gasteiger partial charge is 0.320 e. The molecule has 1 aromatic carbocycles. The molecule has 1 atom stereocenters. The number of ketones is 1. The van der Waals surface area contributed by atoms with E-state index in [4.69, 9.17) is 10.8 Å². The van der Waals surface area contributed by atoms with Crippen molar-refractivity contribution in [2.45, 2.75) is 39.7 Å². The zero-order chi connectivity index (χ0) is 24.2. The maximum Gasteiger partial charge on any atom is 0.320 e. The van der Waals surface area contributed by atoms with Crippen LogP contribution in [-0.2, 0) is 16.6 Å². The summed E-state index contributed by atoms with van der Waals surface area (Å²) in [6.07, 6.45) is 1.78. The van der Waals surface area contributed by atoms with Gasteiger partial charge in [-0.3, -0.25) is 19.2 Å². The van der Waals surface area contributed by atoms with Crippen LogP contribution in [0.1, 0.15) is 50.5 Å². The number of benzene rings is 1. The molecule has 0 spiro atoms. The van der Waals surface area contributed by atoms with Crippen molar-refractivity contribution in [2.24, 2.45) is 12.8 Å². The molecule has 1 saturated heterocycles. The molecule has 2 heterocycles. The van der Waals surface area contributed by atoms with Crippen LogP contribution in [-0.4, -0.2) is 45.8 Å². The van der Waals surface area contributed by atoms with E-state index in [-0.39, 0.29) is 23.1 Å². The Labute approximate surface area is 184 Å². The number of aromatic nitrogens is 1. The van der Waals surface area contributed by atoms with Crippen LogP contribution in [0.3, 0.4) is 0 Å². The van der Waals surface area contributed by atoms with Crippen LogP contribution in [0.15, 0.2) is 18.2 Å². The molecule has 1 aliphatic rings. The molecule has 9 nitrogen and oxygen atoms in total. The Balaban J connectivity index is 0.000000380. The molecule has 1 fully saturated rings. The van der Waals surface area contributed by atoms with E-state index in [0.29, 0.717) is 22.5 Å². The molecule has 5 N–H and O–H groups in total. The molecule has 172 valence electrons. The van der Waals surface area contributed by atoms with E-state index in [9.17, 15) is 23.6 Å². The third kappa shape index (κ3) is 5.38. The third-order valence-electron chi connectivity index (χ3n) is 5.37. The molecule has 2 amide bonds. The molecule has 0 bridgehead atoms. The Morgan fingerprint density at radius 3 is 2.34 bits per heavy atom. The topological polar surface area (TPSA) is 144 Å². The van der Waals surface area contributed by atoms with E-state index in [1.807, 2.05) is 0 Å². The number of nitrogens with two attached hydrogens (primary N) is 1. The number of nitrogens with zero attached hydrogens (tertiary/aromatic N) is 1. The largest absolute Gasteiger partial charge is 0.480 e. The molecule has 32 heavy (non-hydrogen) atoms. The highest BCUT2D eigenvalue weighted by Crippen LogP contribution is 2.23. The summed E-state index contributed by atoms with van der Waals surface area (Å²) in [5.74, 6) is -3.47. The predicted molar refractivity (Wildman–Crippen MR) is 116 cm³/mol. The summed E-state index contributed by atoms with van der Waals surface area (Å²) in [4.78, 5) is 45.8. The van der Waals surface area contributed by atoms with Crippen LogP contribution in [0.2, 0.25) is 0 Å². The second-order valence-electron chi connectivity index (χ2n) is 7.59. The zero-order valence-corrected chi connectivity index (χ0v) is 18.4. The Hall–Kier alpha value is -3.53. The summed E-state index contributed by atoms with van der Waals surface area (Å²) < 4.78 is 14.8. The van der Waals surface area contributed by atoms with Gasteiger partial charge in [-0.2, -0.15) is 0 Å². The highest BCUT2D eigenvalue weighted by molar-refractivity contribution is 6.42. The van der Waals surface area contributed by atoms with Crippen LogP contribution >= 0.6 is 0 Å². The first kappa shape index (κ1) is 24.7. The van der Waals surface area contributed by atoms with E-state index < -0.39 is 23.6 Å². The van der Waals surface area contributed by atoms with Gasteiger partial charge >= 0.3 is 5.97 Å². The summed E-state index contributed by atoms with van der Waals surface area (Å²) >= 11 is 0. The highest BCUT2D eigenvalue weighted by Gasteiger charge is 2.27. The molecule has 0 saturated carbocycles. The number of aryl methyl sites for hydroxylation is 1. The van der Waals surface area contributed by atoms with Crippen molar-refractivity contribution in [3.63, 3.8) is 0 Å². The van der Waals surface area contributed by atoms with Crippen LogP contribution in [0.25, 0.3) is 0 Å². The molecule has 10 heteroatoms. The average molecular weight is 446 g/mol. The minimum Gasteiger partial charge on any atom is -0.480 e. The number of halogens is 1. The number of anilines is 1. The SMILES string of the molecule is Cc1cc(NC(=O)c2c(C)c(C(=O)C(N)=O)n(C)c2C)ccc1F.O=C(O)C1CCCN1. The van der Waals surface area contributed by atoms with Gasteiger partial charge in [0.2, 0.25) is 0 Å². The lowest BCUT2D eigenvalue weighted by atomic mass is 10.1. The van der Waals surface area contributed by atoms with Crippen molar-refractivity contribution in [2.75, 3.05) is 11.9 Å². The molecular formula is C22H27FN4O5. The molecule has 1 aromatic heterocycles. The van der Waals surface area contributed by atoms with Crippen LogP contribution in [0.5, 0.6) is 0 Å². The number of carboxylic acids is 1. The van der Waals surface area contributed by atoms with Crippen LogP contribution < -0.4 is 16.4 Å². The Morgan fingerprint density at radius 1 is 1.22 bits per heavy atom. The highest BCUT2D eigenvalue weighted by atomic mass is 19.1. The number of hydrogen-bond acceptors (Lipinski definition) is 5. The van der Waals surface area contributed by atoms with E-state index in [2.05, 4.69) is 10.6 Å². The van der Waals surface area contributed by atoms with E-state index >= 15 is 0 Å². The van der Waals surface area contributed by atoms with Crippen molar-refractivity contribution >= 4 is 29.3 Å².